The van der Waals surface area contributed by atoms with Gasteiger partial charge in [-0.15, -0.1) is 0 Å². The fraction of sp³-hybridized carbons (Fsp3) is 0.588. The first-order valence-corrected chi connectivity index (χ1v) is 9.73. The molecule has 28 heavy (non-hydrogen) atoms. The minimum atomic E-state index is -4.32. The van der Waals surface area contributed by atoms with Crippen molar-refractivity contribution in [1.82, 2.24) is 0 Å². The summed E-state index contributed by atoms with van der Waals surface area (Å²) in [5.74, 6) is -3.20. The van der Waals surface area contributed by atoms with Crippen molar-refractivity contribution in [2.24, 2.45) is 5.41 Å². The van der Waals surface area contributed by atoms with E-state index in [4.69, 9.17) is 18.8 Å². The zero-order valence-electron chi connectivity index (χ0n) is 17.8. The van der Waals surface area contributed by atoms with Crippen molar-refractivity contribution in [2.75, 3.05) is 25.6 Å². The third-order valence-electron chi connectivity index (χ3n) is 3.39. The molecule has 0 aromatic heterocycles. The van der Waals surface area contributed by atoms with Gasteiger partial charge < -0.3 is 15.6 Å². The van der Waals surface area contributed by atoms with Crippen molar-refractivity contribution in [3.63, 3.8) is 0 Å². The largest absolute Gasteiger partial charge is 1.00 e. The SMILES string of the molecule is C=C(C)C(=O)OCC(CCC)(COC(=O)C(=C)C)C(=O)OCCS(=O)(=O)O.[H-].[Li+]. The fourth-order valence-corrected chi connectivity index (χ4v) is 2.22. The number of hydrogen-bond donors (Lipinski definition) is 1. The van der Waals surface area contributed by atoms with Crippen LogP contribution in [0.15, 0.2) is 24.3 Å². The van der Waals surface area contributed by atoms with Crippen molar-refractivity contribution < 1.29 is 61.9 Å². The van der Waals surface area contributed by atoms with Crippen LogP contribution in [-0.2, 0) is 38.7 Å². The minimum Gasteiger partial charge on any atom is -1.00 e. The van der Waals surface area contributed by atoms with E-state index in [2.05, 4.69) is 13.2 Å². The van der Waals surface area contributed by atoms with E-state index >= 15 is 0 Å². The molecular formula is C17H27LiO9S. The molecule has 1 N–H and O–H groups in total. The van der Waals surface area contributed by atoms with Crippen LogP contribution in [-0.4, -0.2) is 56.5 Å². The summed E-state index contributed by atoms with van der Waals surface area (Å²) >= 11 is 0. The molecule has 0 amide bonds. The van der Waals surface area contributed by atoms with Gasteiger partial charge in [-0.1, -0.05) is 26.5 Å². The molecule has 11 heteroatoms. The van der Waals surface area contributed by atoms with Gasteiger partial charge in [-0.05, 0) is 20.3 Å². The van der Waals surface area contributed by atoms with Gasteiger partial charge in [0, 0.05) is 11.1 Å². The van der Waals surface area contributed by atoms with E-state index in [1.165, 1.54) is 13.8 Å². The number of carbonyl (C=O) groups is 3. The number of carbonyl (C=O) groups excluding carboxylic acids is 3. The van der Waals surface area contributed by atoms with Gasteiger partial charge in [0.2, 0.25) is 0 Å². The zero-order chi connectivity index (χ0) is 21.3. The molecule has 0 aromatic rings. The summed E-state index contributed by atoms with van der Waals surface area (Å²) in [6.45, 7) is 9.96. The Hall–Kier alpha value is -1.60. The topological polar surface area (TPSA) is 133 Å². The first kappa shape index (κ1) is 28.6. The average Bonchev–Trinajstić information content (AvgIpc) is 2.55. The van der Waals surface area contributed by atoms with Crippen LogP contribution in [0, 0.1) is 5.41 Å². The molecule has 0 atom stereocenters. The molecule has 0 aliphatic heterocycles. The van der Waals surface area contributed by atoms with E-state index in [0.29, 0.717) is 6.42 Å². The van der Waals surface area contributed by atoms with E-state index in [9.17, 15) is 22.8 Å². The first-order valence-electron chi connectivity index (χ1n) is 8.12. The molecule has 0 rings (SSSR count). The standard InChI is InChI=1S/C17H26O9S.Li.H/c1-6-7-17(10-25-14(18)12(2)3,11-26-15(19)13(4)5)16(20)24-8-9-27(21,22)23;;/h2,4,6-11H2,1,3,5H3,(H,21,22,23);;/q;+1;-1. The average molecular weight is 414 g/mol. The molecule has 0 heterocycles. The number of ether oxygens (including phenoxy) is 3. The van der Waals surface area contributed by atoms with Crippen LogP contribution in [0.4, 0.5) is 0 Å². The predicted molar refractivity (Wildman–Crippen MR) is 97.4 cm³/mol. The molecule has 0 fully saturated rings. The molecule has 156 valence electrons. The van der Waals surface area contributed by atoms with Gasteiger partial charge in [0.05, 0.1) is 0 Å². The fourth-order valence-electron chi connectivity index (χ4n) is 1.93. The third kappa shape index (κ3) is 10.7. The molecule has 0 radical (unpaired) electrons. The van der Waals surface area contributed by atoms with E-state index in [0.717, 1.165) is 0 Å². The second-order valence-corrected chi connectivity index (χ2v) is 7.74. The molecule has 9 nitrogen and oxygen atoms in total. The van der Waals surface area contributed by atoms with Gasteiger partial charge in [0.25, 0.3) is 10.1 Å². The van der Waals surface area contributed by atoms with Gasteiger partial charge in [0.1, 0.15) is 31.0 Å². The Bertz CT molecular complexity index is 674. The second kappa shape index (κ2) is 12.8. The van der Waals surface area contributed by atoms with Crippen molar-refractivity contribution in [3.8, 4) is 0 Å². The van der Waals surface area contributed by atoms with Gasteiger partial charge in [-0.25, -0.2) is 9.59 Å². The number of hydrogen-bond acceptors (Lipinski definition) is 8. The van der Waals surface area contributed by atoms with Crippen molar-refractivity contribution in [2.45, 2.75) is 33.6 Å². The quantitative estimate of drug-likeness (QED) is 0.134. The molecule has 0 aromatic carbocycles. The van der Waals surface area contributed by atoms with E-state index in [-0.39, 0.29) is 37.9 Å². The molecule has 0 spiro atoms. The Labute approximate surface area is 178 Å². The van der Waals surface area contributed by atoms with Crippen LogP contribution < -0.4 is 18.9 Å². The summed E-state index contributed by atoms with van der Waals surface area (Å²) in [4.78, 5) is 36.0. The Morgan fingerprint density at radius 3 is 1.75 bits per heavy atom. The van der Waals surface area contributed by atoms with Crippen molar-refractivity contribution in [3.05, 3.63) is 24.3 Å². The maximum atomic E-state index is 12.6. The van der Waals surface area contributed by atoms with E-state index in [1.807, 2.05) is 0 Å². The number of esters is 3. The summed E-state index contributed by atoms with van der Waals surface area (Å²) in [6.07, 6.45) is 0.577. The summed E-state index contributed by atoms with van der Waals surface area (Å²) in [7, 11) is -4.32. The third-order valence-corrected chi connectivity index (χ3v) is 4.07. The molecule has 0 bridgehead atoms. The molecule has 0 unspecified atom stereocenters. The van der Waals surface area contributed by atoms with Crippen LogP contribution in [0.25, 0.3) is 0 Å². The minimum absolute atomic E-state index is 0. The smallest absolute Gasteiger partial charge is 1.00 e. The zero-order valence-corrected chi connectivity index (χ0v) is 17.6. The van der Waals surface area contributed by atoms with Crippen LogP contribution in [0.5, 0.6) is 0 Å². The molecule has 0 aliphatic rings. The van der Waals surface area contributed by atoms with Gasteiger partial charge in [-0.3, -0.25) is 9.35 Å². The van der Waals surface area contributed by atoms with Gasteiger partial charge in [0.15, 0.2) is 0 Å². The normalized spacial score (nSPS) is 11.0. The Morgan fingerprint density at radius 1 is 1.00 bits per heavy atom. The van der Waals surface area contributed by atoms with Crippen LogP contribution in [0.3, 0.4) is 0 Å². The number of rotatable bonds is 12. The summed E-state index contributed by atoms with van der Waals surface area (Å²) in [5, 5.41) is 0. The van der Waals surface area contributed by atoms with Crippen LogP contribution in [0.2, 0.25) is 0 Å². The molecule has 0 saturated heterocycles. The first-order chi connectivity index (χ1) is 12.3. The molecular weight excluding hydrogens is 387 g/mol. The van der Waals surface area contributed by atoms with Crippen molar-refractivity contribution >= 4 is 28.0 Å². The van der Waals surface area contributed by atoms with Crippen molar-refractivity contribution in [1.29, 1.82) is 0 Å². The maximum Gasteiger partial charge on any atom is 1.00 e. The predicted octanol–water partition coefficient (Wildman–Crippen LogP) is -1.44. The Balaban J connectivity index is -0.00000338. The monoisotopic (exact) mass is 414 g/mol. The van der Waals surface area contributed by atoms with Crippen LogP contribution in [0.1, 0.15) is 35.0 Å². The Morgan fingerprint density at radius 2 is 1.43 bits per heavy atom. The maximum absolute atomic E-state index is 12.6. The second-order valence-electron chi connectivity index (χ2n) is 6.17. The van der Waals surface area contributed by atoms with E-state index < -0.39 is 59.0 Å². The molecule has 0 saturated carbocycles. The Kier molecular flexibility index (Phi) is 13.1. The summed E-state index contributed by atoms with van der Waals surface area (Å²) < 4.78 is 45.3. The molecule has 0 aliphatic carbocycles. The summed E-state index contributed by atoms with van der Waals surface area (Å²) in [5.41, 5.74) is -1.32. The van der Waals surface area contributed by atoms with Gasteiger partial charge in [-0.2, -0.15) is 8.42 Å². The summed E-state index contributed by atoms with van der Waals surface area (Å²) in [6, 6.07) is 0. The van der Waals surface area contributed by atoms with Crippen LogP contribution >= 0.6 is 0 Å². The van der Waals surface area contributed by atoms with E-state index in [1.54, 1.807) is 6.92 Å². The van der Waals surface area contributed by atoms with Gasteiger partial charge >= 0.3 is 36.8 Å².